The third kappa shape index (κ3) is 2.93. The first-order valence-corrected chi connectivity index (χ1v) is 6.11. The molecule has 1 atom stereocenters. The van der Waals surface area contributed by atoms with Gasteiger partial charge in [-0.3, -0.25) is 0 Å². The summed E-state index contributed by atoms with van der Waals surface area (Å²) in [5.41, 5.74) is 0.814. The van der Waals surface area contributed by atoms with Crippen LogP contribution in [0.5, 0.6) is 0 Å². The molecule has 0 aliphatic heterocycles. The number of halogens is 3. The van der Waals surface area contributed by atoms with Gasteiger partial charge in [0.1, 0.15) is 15.9 Å². The van der Waals surface area contributed by atoms with Crippen LogP contribution in [0.4, 0.5) is 0 Å². The lowest BCUT2D eigenvalue weighted by molar-refractivity contribution is 0.214. The number of rotatable bonds is 2. The summed E-state index contributed by atoms with van der Waals surface area (Å²) in [6, 6.07) is 5.21. The number of hydrogen-bond acceptors (Lipinski definition) is 4. The maximum Gasteiger partial charge on any atom is 0.223 e. The molecule has 88 valence electrons. The highest BCUT2D eigenvalue weighted by Crippen LogP contribution is 2.26. The van der Waals surface area contributed by atoms with Gasteiger partial charge in [-0.2, -0.15) is 0 Å². The van der Waals surface area contributed by atoms with Gasteiger partial charge in [0.15, 0.2) is 0 Å². The third-order valence-electron chi connectivity index (χ3n) is 2.05. The molecule has 2 aromatic heterocycles. The second-order valence-corrected chi connectivity index (χ2v) is 4.68. The second-order valence-electron chi connectivity index (χ2n) is 3.17. The summed E-state index contributed by atoms with van der Waals surface area (Å²) >= 11 is 14.7. The van der Waals surface area contributed by atoms with Crippen LogP contribution in [0.3, 0.4) is 0 Å². The fourth-order valence-electron chi connectivity index (χ4n) is 1.27. The Kier molecular flexibility index (Phi) is 3.93. The molecule has 0 saturated carbocycles. The van der Waals surface area contributed by atoms with Gasteiger partial charge < -0.3 is 5.11 Å². The summed E-state index contributed by atoms with van der Waals surface area (Å²) < 4.78 is 0.625. The standard InChI is InChI=1S/C10H6BrCl2N3O/c11-7-3-1-2-6(15-7)8(17)5-4-14-10(13)16-9(5)12/h1-4,8,17H/t8-/m0/s1. The van der Waals surface area contributed by atoms with Gasteiger partial charge >= 0.3 is 0 Å². The first-order valence-electron chi connectivity index (χ1n) is 4.56. The summed E-state index contributed by atoms with van der Waals surface area (Å²) in [5, 5.41) is 10.2. The smallest absolute Gasteiger partial charge is 0.223 e. The first-order chi connectivity index (χ1) is 8.08. The van der Waals surface area contributed by atoms with Crippen LogP contribution in [0.1, 0.15) is 17.4 Å². The Hall–Kier alpha value is -0.750. The molecule has 0 bridgehead atoms. The van der Waals surface area contributed by atoms with Gasteiger partial charge in [0, 0.05) is 11.8 Å². The summed E-state index contributed by atoms with van der Waals surface area (Å²) in [6.45, 7) is 0. The van der Waals surface area contributed by atoms with E-state index in [2.05, 4.69) is 30.9 Å². The van der Waals surface area contributed by atoms with Crippen molar-refractivity contribution in [3.63, 3.8) is 0 Å². The van der Waals surface area contributed by atoms with Crippen molar-refractivity contribution in [1.29, 1.82) is 0 Å². The topological polar surface area (TPSA) is 58.9 Å². The average molecular weight is 335 g/mol. The molecule has 0 aliphatic rings. The quantitative estimate of drug-likeness (QED) is 0.521. The van der Waals surface area contributed by atoms with Gasteiger partial charge in [-0.25, -0.2) is 15.0 Å². The normalized spacial score (nSPS) is 12.5. The highest BCUT2D eigenvalue weighted by atomic mass is 79.9. The zero-order valence-corrected chi connectivity index (χ0v) is 11.4. The minimum atomic E-state index is -0.989. The summed E-state index contributed by atoms with van der Waals surface area (Å²) in [7, 11) is 0. The number of aromatic nitrogens is 3. The molecule has 4 nitrogen and oxygen atoms in total. The Morgan fingerprint density at radius 2 is 2.00 bits per heavy atom. The third-order valence-corrected chi connectivity index (χ3v) is 2.98. The van der Waals surface area contributed by atoms with Crippen molar-refractivity contribution in [1.82, 2.24) is 15.0 Å². The predicted octanol–water partition coefficient (Wildman–Crippen LogP) is 3.02. The van der Waals surface area contributed by atoms with E-state index in [0.29, 0.717) is 15.9 Å². The van der Waals surface area contributed by atoms with Crippen molar-refractivity contribution >= 4 is 39.1 Å². The zero-order chi connectivity index (χ0) is 12.4. The van der Waals surface area contributed by atoms with Crippen molar-refractivity contribution in [3.05, 3.63) is 50.7 Å². The number of pyridine rings is 1. The van der Waals surface area contributed by atoms with Crippen molar-refractivity contribution < 1.29 is 5.11 Å². The molecule has 0 radical (unpaired) electrons. The van der Waals surface area contributed by atoms with E-state index >= 15 is 0 Å². The number of aliphatic hydroxyl groups excluding tert-OH is 1. The van der Waals surface area contributed by atoms with Gasteiger partial charge in [-0.1, -0.05) is 17.7 Å². The SMILES string of the molecule is O[C@H](c1cccc(Br)n1)c1cnc(Cl)nc1Cl. The van der Waals surface area contributed by atoms with Gasteiger partial charge in [-0.15, -0.1) is 0 Å². The van der Waals surface area contributed by atoms with Crippen LogP contribution in [0.2, 0.25) is 10.4 Å². The van der Waals surface area contributed by atoms with Gasteiger partial charge in [0.25, 0.3) is 0 Å². The van der Waals surface area contributed by atoms with Crippen LogP contribution in [-0.2, 0) is 0 Å². The fraction of sp³-hybridized carbons (Fsp3) is 0.100. The maximum absolute atomic E-state index is 10.1. The van der Waals surface area contributed by atoms with Crippen LogP contribution in [0, 0.1) is 0 Å². The molecule has 17 heavy (non-hydrogen) atoms. The summed E-state index contributed by atoms with van der Waals surface area (Å²) in [4.78, 5) is 11.7. The van der Waals surface area contributed by atoms with E-state index < -0.39 is 6.10 Å². The van der Waals surface area contributed by atoms with Crippen molar-refractivity contribution in [3.8, 4) is 0 Å². The average Bonchev–Trinajstić information content (AvgIpc) is 2.28. The lowest BCUT2D eigenvalue weighted by Gasteiger charge is -2.11. The predicted molar refractivity (Wildman–Crippen MR) is 68.1 cm³/mol. The largest absolute Gasteiger partial charge is 0.382 e. The Morgan fingerprint density at radius 1 is 1.24 bits per heavy atom. The molecule has 0 aromatic carbocycles. The van der Waals surface area contributed by atoms with Crippen LogP contribution in [0.15, 0.2) is 29.0 Å². The molecule has 2 aromatic rings. The molecule has 1 N–H and O–H groups in total. The highest BCUT2D eigenvalue weighted by molar-refractivity contribution is 9.10. The van der Waals surface area contributed by atoms with Crippen LogP contribution in [0.25, 0.3) is 0 Å². The number of nitrogens with zero attached hydrogens (tertiary/aromatic N) is 3. The molecule has 2 heterocycles. The van der Waals surface area contributed by atoms with Gasteiger partial charge in [0.05, 0.1) is 5.69 Å². The van der Waals surface area contributed by atoms with Crippen molar-refractivity contribution in [2.45, 2.75) is 6.10 Å². The van der Waals surface area contributed by atoms with Crippen LogP contribution < -0.4 is 0 Å². The van der Waals surface area contributed by atoms with Crippen molar-refractivity contribution in [2.24, 2.45) is 0 Å². The van der Waals surface area contributed by atoms with Crippen LogP contribution >= 0.6 is 39.1 Å². The molecule has 0 spiro atoms. The lowest BCUT2D eigenvalue weighted by atomic mass is 10.1. The van der Waals surface area contributed by atoms with Gasteiger partial charge in [-0.05, 0) is 39.7 Å². The molecular weight excluding hydrogens is 329 g/mol. The molecule has 0 amide bonds. The minimum Gasteiger partial charge on any atom is -0.382 e. The molecule has 0 fully saturated rings. The number of aliphatic hydroxyl groups is 1. The minimum absolute atomic E-state index is 0.0353. The highest BCUT2D eigenvalue weighted by Gasteiger charge is 2.17. The van der Waals surface area contributed by atoms with Crippen LogP contribution in [-0.4, -0.2) is 20.1 Å². The van der Waals surface area contributed by atoms with E-state index in [1.165, 1.54) is 6.20 Å². The van der Waals surface area contributed by atoms with Crippen molar-refractivity contribution in [2.75, 3.05) is 0 Å². The van der Waals surface area contributed by atoms with E-state index in [4.69, 9.17) is 23.2 Å². The Bertz CT molecular complexity index is 553. The Morgan fingerprint density at radius 3 is 2.65 bits per heavy atom. The van der Waals surface area contributed by atoms with E-state index in [1.54, 1.807) is 18.2 Å². The second kappa shape index (κ2) is 5.27. The number of hydrogen-bond donors (Lipinski definition) is 1. The molecule has 2 rings (SSSR count). The summed E-state index contributed by atoms with van der Waals surface area (Å²) in [6.07, 6.45) is 0.391. The zero-order valence-electron chi connectivity index (χ0n) is 8.31. The Labute approximate surface area is 116 Å². The molecule has 7 heteroatoms. The van der Waals surface area contributed by atoms with Gasteiger partial charge in [0.2, 0.25) is 5.28 Å². The van der Waals surface area contributed by atoms with E-state index in [-0.39, 0.29) is 10.4 Å². The first kappa shape index (κ1) is 12.7. The van der Waals surface area contributed by atoms with E-state index in [9.17, 15) is 5.11 Å². The molecule has 0 saturated heterocycles. The maximum atomic E-state index is 10.1. The summed E-state index contributed by atoms with van der Waals surface area (Å²) in [5.74, 6) is 0. The lowest BCUT2D eigenvalue weighted by Crippen LogP contribution is -2.05. The molecule has 0 aliphatic carbocycles. The van der Waals surface area contributed by atoms with E-state index in [1.807, 2.05) is 0 Å². The van der Waals surface area contributed by atoms with E-state index in [0.717, 1.165) is 0 Å². The molecule has 0 unspecified atom stereocenters. The Balaban J connectivity index is 2.40. The fourth-order valence-corrected chi connectivity index (χ4v) is 2.04. The molecular formula is C10H6BrCl2N3O. The monoisotopic (exact) mass is 333 g/mol.